The van der Waals surface area contributed by atoms with Gasteiger partial charge in [-0.05, 0) is 56.5 Å². The van der Waals surface area contributed by atoms with Gasteiger partial charge in [0.05, 0.1) is 28.4 Å². The maximum atomic E-state index is 12.6. The molecule has 0 aromatic heterocycles. The van der Waals surface area contributed by atoms with Crippen molar-refractivity contribution in [1.29, 1.82) is 0 Å². The minimum absolute atomic E-state index is 0.203. The smallest absolute Gasteiger partial charge is 0.341 e. The quantitative estimate of drug-likeness (QED) is 0.375. The van der Waals surface area contributed by atoms with Crippen molar-refractivity contribution in [3.63, 3.8) is 0 Å². The van der Waals surface area contributed by atoms with Crippen LogP contribution in [0.1, 0.15) is 15.9 Å². The standard InChI is InChI=1S/C21H16BrClN2O5/c1-29-18-9-14-5-3-2-4-13(14)8-15(18)21(28)25-24-10-12-6-16(22)20(17(23)7-12)30-11-19(26)27/h2-10H,11H2,1H3,(H,25,28)(H,26,27). The van der Waals surface area contributed by atoms with E-state index in [0.29, 0.717) is 21.3 Å². The number of hydrogen-bond donors (Lipinski definition) is 2. The summed E-state index contributed by atoms with van der Waals surface area (Å²) in [4.78, 5) is 23.2. The summed E-state index contributed by atoms with van der Waals surface area (Å²) < 4.78 is 10.9. The van der Waals surface area contributed by atoms with Crippen molar-refractivity contribution in [2.75, 3.05) is 13.7 Å². The van der Waals surface area contributed by atoms with Crippen LogP contribution in [0.2, 0.25) is 5.02 Å². The molecule has 3 rings (SSSR count). The second-order valence-corrected chi connectivity index (χ2v) is 7.36. The van der Waals surface area contributed by atoms with Gasteiger partial charge in [0.2, 0.25) is 0 Å². The first kappa shape index (κ1) is 21.6. The molecule has 0 fully saturated rings. The molecule has 7 nitrogen and oxygen atoms in total. The summed E-state index contributed by atoms with van der Waals surface area (Å²) in [5.41, 5.74) is 3.39. The van der Waals surface area contributed by atoms with E-state index in [1.54, 1.807) is 18.2 Å². The molecular weight excluding hydrogens is 476 g/mol. The number of nitrogens with one attached hydrogen (secondary N) is 1. The molecule has 0 aliphatic heterocycles. The lowest BCUT2D eigenvalue weighted by molar-refractivity contribution is -0.139. The minimum Gasteiger partial charge on any atom is -0.496 e. The predicted octanol–water partition coefficient (Wildman–Crippen LogP) is 4.49. The molecule has 2 N–H and O–H groups in total. The second-order valence-electron chi connectivity index (χ2n) is 6.09. The fourth-order valence-electron chi connectivity index (χ4n) is 2.72. The Morgan fingerprint density at radius 2 is 1.90 bits per heavy atom. The lowest BCUT2D eigenvalue weighted by Crippen LogP contribution is -2.18. The molecule has 0 saturated carbocycles. The Morgan fingerprint density at radius 3 is 2.53 bits per heavy atom. The Hall–Kier alpha value is -3.10. The molecule has 0 atom stereocenters. The largest absolute Gasteiger partial charge is 0.496 e. The van der Waals surface area contributed by atoms with Gasteiger partial charge in [0, 0.05) is 0 Å². The van der Waals surface area contributed by atoms with Gasteiger partial charge in [-0.25, -0.2) is 10.2 Å². The van der Waals surface area contributed by atoms with Gasteiger partial charge < -0.3 is 14.6 Å². The highest BCUT2D eigenvalue weighted by atomic mass is 79.9. The van der Waals surface area contributed by atoms with Crippen molar-refractivity contribution in [3.05, 3.63) is 69.2 Å². The molecule has 0 saturated heterocycles. The molecule has 0 unspecified atom stereocenters. The molecule has 30 heavy (non-hydrogen) atoms. The molecule has 0 bridgehead atoms. The van der Waals surface area contributed by atoms with Crippen LogP contribution in [0, 0.1) is 0 Å². The van der Waals surface area contributed by atoms with Gasteiger partial charge in [0.25, 0.3) is 5.91 Å². The van der Waals surface area contributed by atoms with Gasteiger partial charge in [0.15, 0.2) is 12.4 Å². The molecule has 0 aliphatic rings. The molecule has 0 spiro atoms. The van der Waals surface area contributed by atoms with Crippen molar-refractivity contribution in [2.24, 2.45) is 5.10 Å². The first-order valence-electron chi connectivity index (χ1n) is 8.63. The normalized spacial score (nSPS) is 10.9. The van der Waals surface area contributed by atoms with E-state index < -0.39 is 18.5 Å². The van der Waals surface area contributed by atoms with Gasteiger partial charge in [0.1, 0.15) is 5.75 Å². The number of fused-ring (bicyclic) bond motifs is 1. The van der Waals surface area contributed by atoms with Crippen molar-refractivity contribution in [3.8, 4) is 11.5 Å². The summed E-state index contributed by atoms with van der Waals surface area (Å²) in [6.07, 6.45) is 1.41. The lowest BCUT2D eigenvalue weighted by Gasteiger charge is -2.10. The molecule has 0 radical (unpaired) electrons. The number of nitrogens with zero attached hydrogens (tertiary/aromatic N) is 1. The van der Waals surface area contributed by atoms with Crippen molar-refractivity contribution in [1.82, 2.24) is 5.43 Å². The number of ether oxygens (including phenoxy) is 2. The highest BCUT2D eigenvalue weighted by Crippen LogP contribution is 2.34. The minimum atomic E-state index is -1.12. The fraction of sp³-hybridized carbons (Fsp3) is 0.0952. The van der Waals surface area contributed by atoms with Gasteiger partial charge in [-0.15, -0.1) is 0 Å². The van der Waals surface area contributed by atoms with Crippen LogP contribution in [0.15, 0.2) is 58.1 Å². The summed E-state index contributed by atoms with van der Waals surface area (Å²) in [5, 5.41) is 14.7. The summed E-state index contributed by atoms with van der Waals surface area (Å²) in [5.74, 6) is -0.899. The number of carbonyl (C=O) groups excluding carboxylic acids is 1. The Balaban J connectivity index is 1.76. The van der Waals surface area contributed by atoms with Crippen LogP contribution in [-0.4, -0.2) is 36.9 Å². The number of carboxylic acids is 1. The summed E-state index contributed by atoms with van der Waals surface area (Å²) >= 11 is 9.42. The van der Waals surface area contributed by atoms with Gasteiger partial charge in [-0.1, -0.05) is 35.9 Å². The van der Waals surface area contributed by atoms with E-state index in [9.17, 15) is 9.59 Å². The zero-order valence-electron chi connectivity index (χ0n) is 15.7. The number of hydrazone groups is 1. The van der Waals surface area contributed by atoms with Crippen LogP contribution in [0.4, 0.5) is 0 Å². The van der Waals surface area contributed by atoms with E-state index in [-0.39, 0.29) is 10.8 Å². The maximum Gasteiger partial charge on any atom is 0.341 e. The maximum absolute atomic E-state index is 12.6. The van der Waals surface area contributed by atoms with Crippen LogP contribution in [0.25, 0.3) is 10.8 Å². The van der Waals surface area contributed by atoms with E-state index in [0.717, 1.165) is 10.8 Å². The first-order chi connectivity index (χ1) is 14.4. The van der Waals surface area contributed by atoms with E-state index in [1.165, 1.54) is 19.4 Å². The molecule has 0 heterocycles. The third kappa shape index (κ3) is 5.08. The van der Waals surface area contributed by atoms with Crippen LogP contribution < -0.4 is 14.9 Å². The number of amides is 1. The number of hydrogen-bond acceptors (Lipinski definition) is 5. The second kappa shape index (κ2) is 9.60. The Bertz CT molecular complexity index is 1130. The van der Waals surface area contributed by atoms with Crippen LogP contribution in [-0.2, 0) is 4.79 Å². The van der Waals surface area contributed by atoms with Gasteiger partial charge in [-0.2, -0.15) is 5.10 Å². The van der Waals surface area contributed by atoms with Crippen LogP contribution in [0.3, 0.4) is 0 Å². The van der Waals surface area contributed by atoms with Crippen molar-refractivity contribution < 1.29 is 24.2 Å². The molecule has 1 amide bonds. The number of halogens is 2. The van der Waals surface area contributed by atoms with Crippen LogP contribution >= 0.6 is 27.5 Å². The highest BCUT2D eigenvalue weighted by Gasteiger charge is 2.14. The number of rotatable bonds is 7. The number of carboxylic acid groups (broad SMARTS) is 1. The summed E-state index contributed by atoms with van der Waals surface area (Å²) in [6, 6.07) is 14.3. The molecule has 3 aromatic carbocycles. The zero-order valence-corrected chi connectivity index (χ0v) is 18.0. The topological polar surface area (TPSA) is 97.2 Å². The number of carbonyl (C=O) groups is 2. The number of aliphatic carboxylic acids is 1. The first-order valence-corrected chi connectivity index (χ1v) is 9.80. The van der Waals surface area contributed by atoms with Crippen LogP contribution in [0.5, 0.6) is 11.5 Å². The van der Waals surface area contributed by atoms with Crippen molar-refractivity contribution in [2.45, 2.75) is 0 Å². The monoisotopic (exact) mass is 490 g/mol. The highest BCUT2D eigenvalue weighted by molar-refractivity contribution is 9.10. The average Bonchev–Trinajstić information content (AvgIpc) is 2.71. The molecular formula is C21H16BrClN2O5. The Morgan fingerprint density at radius 1 is 1.20 bits per heavy atom. The summed E-state index contributed by atoms with van der Waals surface area (Å²) in [7, 11) is 1.50. The number of methoxy groups -OCH3 is 1. The summed E-state index contributed by atoms with van der Waals surface area (Å²) in [6.45, 7) is -0.518. The third-order valence-corrected chi connectivity index (χ3v) is 4.92. The van der Waals surface area contributed by atoms with E-state index >= 15 is 0 Å². The average molecular weight is 492 g/mol. The Labute approximate surface area is 185 Å². The van der Waals surface area contributed by atoms with E-state index in [2.05, 4.69) is 26.5 Å². The SMILES string of the molecule is COc1cc2ccccc2cc1C(=O)NN=Cc1cc(Cl)c(OCC(=O)O)c(Br)c1. The zero-order chi connectivity index (χ0) is 21.7. The molecule has 0 aliphatic carbocycles. The van der Waals surface area contributed by atoms with Gasteiger partial charge >= 0.3 is 5.97 Å². The molecule has 9 heteroatoms. The molecule has 3 aromatic rings. The Kier molecular flexibility index (Phi) is 6.91. The fourth-order valence-corrected chi connectivity index (χ4v) is 3.71. The lowest BCUT2D eigenvalue weighted by atomic mass is 10.1. The van der Waals surface area contributed by atoms with E-state index in [1.807, 2.05) is 24.3 Å². The molecule has 154 valence electrons. The predicted molar refractivity (Wildman–Crippen MR) is 118 cm³/mol. The van der Waals surface area contributed by atoms with Gasteiger partial charge in [-0.3, -0.25) is 4.79 Å². The number of benzene rings is 3. The van der Waals surface area contributed by atoms with E-state index in [4.69, 9.17) is 26.2 Å². The third-order valence-electron chi connectivity index (χ3n) is 4.05. The van der Waals surface area contributed by atoms with Crippen molar-refractivity contribution >= 4 is 56.4 Å².